The molecular weight excluding hydrogens is 280 g/mol. The van der Waals surface area contributed by atoms with Crippen molar-refractivity contribution < 1.29 is 0 Å². The summed E-state index contributed by atoms with van der Waals surface area (Å²) in [5, 5.41) is 4.29. The summed E-state index contributed by atoms with van der Waals surface area (Å²) in [6.07, 6.45) is 1.24. The highest BCUT2D eigenvalue weighted by molar-refractivity contribution is 7.18. The molecule has 21 heavy (non-hydrogen) atoms. The number of fused-ring (bicyclic) bond motifs is 1. The molecular formula is C16H24N4S. The van der Waals surface area contributed by atoms with Crippen LogP contribution in [0.25, 0.3) is 10.2 Å². The van der Waals surface area contributed by atoms with Gasteiger partial charge in [0.05, 0.1) is 5.39 Å². The molecule has 3 rings (SSSR count). The molecule has 3 heterocycles. The maximum atomic E-state index is 4.74. The normalized spacial score (nSPS) is 19.5. The monoisotopic (exact) mass is 304 g/mol. The van der Waals surface area contributed by atoms with E-state index >= 15 is 0 Å². The van der Waals surface area contributed by atoms with E-state index in [4.69, 9.17) is 4.98 Å². The van der Waals surface area contributed by atoms with Crippen molar-refractivity contribution in [3.05, 3.63) is 10.9 Å². The van der Waals surface area contributed by atoms with Crippen LogP contribution < -0.4 is 10.2 Å². The third-order valence-corrected chi connectivity index (χ3v) is 5.38. The second-order valence-electron chi connectivity index (χ2n) is 6.99. The summed E-state index contributed by atoms with van der Waals surface area (Å²) in [5.74, 6) is 2.54. The molecule has 1 unspecified atom stereocenters. The Morgan fingerprint density at radius 3 is 2.71 bits per heavy atom. The number of nitrogens with zero attached hydrogens (tertiary/aromatic N) is 3. The third kappa shape index (κ3) is 2.71. The van der Waals surface area contributed by atoms with Crippen molar-refractivity contribution in [2.45, 2.75) is 34.1 Å². The Bertz CT molecular complexity index is 656. The summed E-state index contributed by atoms with van der Waals surface area (Å²) in [4.78, 5) is 14.1. The fourth-order valence-corrected chi connectivity index (χ4v) is 3.91. The Morgan fingerprint density at radius 2 is 2.10 bits per heavy atom. The zero-order valence-corrected chi connectivity index (χ0v) is 14.3. The highest BCUT2D eigenvalue weighted by atomic mass is 32.1. The van der Waals surface area contributed by atoms with Gasteiger partial charge in [0.15, 0.2) is 0 Å². The second-order valence-corrected chi connectivity index (χ2v) is 8.23. The lowest BCUT2D eigenvalue weighted by molar-refractivity contribution is 0.263. The van der Waals surface area contributed by atoms with Crippen LogP contribution in [-0.4, -0.2) is 30.1 Å². The lowest BCUT2D eigenvalue weighted by Crippen LogP contribution is -2.26. The van der Waals surface area contributed by atoms with Gasteiger partial charge in [0.25, 0.3) is 0 Å². The van der Waals surface area contributed by atoms with Crippen LogP contribution in [0.5, 0.6) is 0 Å². The van der Waals surface area contributed by atoms with E-state index in [1.807, 2.05) is 7.05 Å². The van der Waals surface area contributed by atoms with Gasteiger partial charge in [0, 0.05) is 25.0 Å². The van der Waals surface area contributed by atoms with Crippen molar-refractivity contribution in [2.24, 2.45) is 11.3 Å². The van der Waals surface area contributed by atoms with Gasteiger partial charge in [-0.1, -0.05) is 20.8 Å². The first-order valence-electron chi connectivity index (χ1n) is 7.59. The molecule has 1 N–H and O–H groups in total. The number of anilines is 2. The number of aromatic nitrogens is 2. The van der Waals surface area contributed by atoms with Gasteiger partial charge in [-0.3, -0.25) is 0 Å². The molecule has 0 radical (unpaired) electrons. The third-order valence-electron chi connectivity index (χ3n) is 4.43. The van der Waals surface area contributed by atoms with Gasteiger partial charge in [0.2, 0.25) is 5.95 Å². The molecule has 1 aliphatic heterocycles. The smallest absolute Gasteiger partial charge is 0.225 e. The molecule has 0 aliphatic carbocycles. The summed E-state index contributed by atoms with van der Waals surface area (Å²) in [6.45, 7) is 11.3. The summed E-state index contributed by atoms with van der Waals surface area (Å²) in [5.41, 5.74) is 0.358. The molecule has 0 spiro atoms. The SMILES string of the molecule is CNc1nc(N2CCC(C(C)(C)C)C2)c2cc(C)sc2n1. The number of aryl methyl sites for hydroxylation is 1. The minimum atomic E-state index is 0.358. The molecule has 1 atom stereocenters. The molecule has 114 valence electrons. The molecule has 5 heteroatoms. The molecule has 1 saturated heterocycles. The standard InChI is InChI=1S/C16H24N4S/c1-10-8-12-13(18-15(17-5)19-14(12)21-10)20-7-6-11(9-20)16(2,3)4/h8,11H,6-7,9H2,1-5H3,(H,17,18,19). The predicted molar refractivity (Wildman–Crippen MR) is 91.5 cm³/mol. The molecule has 2 aromatic heterocycles. The van der Waals surface area contributed by atoms with Crippen molar-refractivity contribution in [1.82, 2.24) is 9.97 Å². The number of hydrogen-bond donors (Lipinski definition) is 1. The lowest BCUT2D eigenvalue weighted by atomic mass is 9.80. The average Bonchev–Trinajstić information content (AvgIpc) is 3.01. The molecule has 0 saturated carbocycles. The van der Waals surface area contributed by atoms with Crippen LogP contribution in [0.2, 0.25) is 0 Å². The van der Waals surface area contributed by atoms with Crippen LogP contribution in [0, 0.1) is 18.3 Å². The fraction of sp³-hybridized carbons (Fsp3) is 0.625. The number of nitrogens with one attached hydrogen (secondary N) is 1. The van der Waals surface area contributed by atoms with E-state index in [-0.39, 0.29) is 0 Å². The van der Waals surface area contributed by atoms with Crippen molar-refractivity contribution >= 4 is 33.3 Å². The number of thiophene rings is 1. The highest BCUT2D eigenvalue weighted by Gasteiger charge is 2.33. The molecule has 0 aromatic carbocycles. The Hall–Kier alpha value is -1.36. The first kappa shape index (κ1) is 14.6. The number of hydrogen-bond acceptors (Lipinski definition) is 5. The van der Waals surface area contributed by atoms with E-state index in [1.54, 1.807) is 11.3 Å². The molecule has 4 nitrogen and oxygen atoms in total. The van der Waals surface area contributed by atoms with E-state index in [1.165, 1.54) is 16.7 Å². The van der Waals surface area contributed by atoms with Crippen LogP contribution in [0.1, 0.15) is 32.1 Å². The van der Waals surface area contributed by atoms with Crippen molar-refractivity contribution in [3.63, 3.8) is 0 Å². The summed E-state index contributed by atoms with van der Waals surface area (Å²) in [6, 6.07) is 2.22. The largest absolute Gasteiger partial charge is 0.357 e. The van der Waals surface area contributed by atoms with Crippen LogP contribution in [0.4, 0.5) is 11.8 Å². The average molecular weight is 304 g/mol. The van der Waals surface area contributed by atoms with Gasteiger partial charge in [-0.25, -0.2) is 4.98 Å². The highest BCUT2D eigenvalue weighted by Crippen LogP contribution is 2.38. The van der Waals surface area contributed by atoms with E-state index in [9.17, 15) is 0 Å². The number of rotatable bonds is 2. The van der Waals surface area contributed by atoms with Gasteiger partial charge in [-0.15, -0.1) is 11.3 Å². The van der Waals surface area contributed by atoms with Crippen LogP contribution >= 0.6 is 11.3 Å². The maximum Gasteiger partial charge on any atom is 0.225 e. The van der Waals surface area contributed by atoms with Gasteiger partial charge in [-0.2, -0.15) is 4.98 Å². The Balaban J connectivity index is 2.00. The van der Waals surface area contributed by atoms with Crippen LogP contribution in [-0.2, 0) is 0 Å². The zero-order valence-electron chi connectivity index (χ0n) is 13.5. The van der Waals surface area contributed by atoms with Gasteiger partial charge in [0.1, 0.15) is 10.6 Å². The Morgan fingerprint density at radius 1 is 1.33 bits per heavy atom. The molecule has 0 bridgehead atoms. The molecule has 1 fully saturated rings. The van der Waals surface area contributed by atoms with Gasteiger partial charge >= 0.3 is 0 Å². The molecule has 0 amide bonds. The van der Waals surface area contributed by atoms with Crippen LogP contribution in [0.15, 0.2) is 6.07 Å². The predicted octanol–water partition coefficient (Wildman–Crippen LogP) is 3.91. The van der Waals surface area contributed by atoms with E-state index in [0.717, 1.165) is 35.6 Å². The second kappa shape index (κ2) is 5.13. The minimum Gasteiger partial charge on any atom is -0.357 e. The van der Waals surface area contributed by atoms with Gasteiger partial charge in [-0.05, 0) is 30.7 Å². The zero-order chi connectivity index (χ0) is 15.2. The maximum absolute atomic E-state index is 4.74. The Labute approximate surface area is 130 Å². The van der Waals surface area contributed by atoms with E-state index in [2.05, 4.69) is 49.0 Å². The quantitative estimate of drug-likeness (QED) is 0.913. The summed E-state index contributed by atoms with van der Waals surface area (Å²) in [7, 11) is 1.88. The van der Waals surface area contributed by atoms with Crippen LogP contribution in [0.3, 0.4) is 0 Å². The fourth-order valence-electron chi connectivity index (χ4n) is 3.04. The summed E-state index contributed by atoms with van der Waals surface area (Å²) < 4.78 is 0. The van der Waals surface area contributed by atoms with Crippen molar-refractivity contribution in [3.8, 4) is 0 Å². The first-order valence-corrected chi connectivity index (χ1v) is 8.41. The van der Waals surface area contributed by atoms with E-state index in [0.29, 0.717) is 5.41 Å². The minimum absolute atomic E-state index is 0.358. The molecule has 2 aromatic rings. The first-order chi connectivity index (χ1) is 9.88. The topological polar surface area (TPSA) is 41.1 Å². The van der Waals surface area contributed by atoms with Gasteiger partial charge < -0.3 is 10.2 Å². The summed E-state index contributed by atoms with van der Waals surface area (Å²) >= 11 is 1.74. The lowest BCUT2D eigenvalue weighted by Gasteiger charge is -2.27. The van der Waals surface area contributed by atoms with Crippen molar-refractivity contribution in [2.75, 3.05) is 30.4 Å². The Kier molecular flexibility index (Phi) is 3.56. The van der Waals surface area contributed by atoms with E-state index < -0.39 is 0 Å². The van der Waals surface area contributed by atoms with Crippen molar-refractivity contribution in [1.29, 1.82) is 0 Å². The molecule has 1 aliphatic rings.